The molecule has 1 heterocycles. The van der Waals surface area contributed by atoms with Crippen molar-refractivity contribution < 1.29 is 42.9 Å². The Hall–Kier alpha value is -2.72. The molecule has 0 aromatic rings. The molecule has 0 aromatic heterocycles. The van der Waals surface area contributed by atoms with E-state index in [0.717, 1.165) is 31.6 Å². The Morgan fingerprint density at radius 3 is 2.43 bits per heavy atom. The normalized spacial score (nSPS) is 40.9. The number of hydrogen-bond donors (Lipinski definition) is 1. The summed E-state index contributed by atoms with van der Waals surface area (Å²) in [6, 6.07) is -0.960. The number of carbonyl (C=O) groups excluding carboxylic acids is 4. The molecular formula is C37H55NO9. The standard InChI is InChI=1S/C37H55NO9/c1-8-10-31(42)47-33-30(20-43-22(4)40)46-35(32(38-21(3)39)34(33)44-23(5)41)45-26-15-17-37(7)25(19-26)11-13-27-28-14-12-24(9-2)36(28,6)18-16-29(27)37/h9,11,24,26-30,32-35H,2,8,10,12-20H2,1,3-7H3,(H,38,39)/t24-,26-,27-,28-,29-,30+,32+,33-,34+,35+,36+,37-/m0/s1. The lowest BCUT2D eigenvalue weighted by atomic mass is 9.47. The van der Waals surface area contributed by atoms with Gasteiger partial charge in [0, 0.05) is 27.2 Å². The van der Waals surface area contributed by atoms with Crippen molar-refractivity contribution in [3.63, 3.8) is 0 Å². The van der Waals surface area contributed by atoms with Crippen molar-refractivity contribution in [2.45, 2.75) is 142 Å². The summed E-state index contributed by atoms with van der Waals surface area (Å²) in [6.45, 7) is 14.6. The van der Waals surface area contributed by atoms with Gasteiger partial charge in [-0.1, -0.05) is 38.5 Å². The molecule has 262 valence electrons. The van der Waals surface area contributed by atoms with Crippen LogP contribution in [0.3, 0.4) is 0 Å². The molecule has 4 fully saturated rings. The largest absolute Gasteiger partial charge is 0.463 e. The highest BCUT2D eigenvalue weighted by Crippen LogP contribution is 2.66. The van der Waals surface area contributed by atoms with Gasteiger partial charge in [-0.15, -0.1) is 6.58 Å². The quantitative estimate of drug-likeness (QED) is 0.182. The summed E-state index contributed by atoms with van der Waals surface area (Å²) in [5, 5.41) is 2.84. The summed E-state index contributed by atoms with van der Waals surface area (Å²) < 4.78 is 29.8. The van der Waals surface area contributed by atoms with Gasteiger partial charge < -0.3 is 29.0 Å². The lowest BCUT2D eigenvalue weighted by Gasteiger charge is -2.58. The van der Waals surface area contributed by atoms with Crippen molar-refractivity contribution in [2.75, 3.05) is 6.61 Å². The molecule has 0 unspecified atom stereocenters. The van der Waals surface area contributed by atoms with Gasteiger partial charge in [0.1, 0.15) is 18.8 Å². The fourth-order valence-electron chi connectivity index (χ4n) is 9.99. The van der Waals surface area contributed by atoms with Gasteiger partial charge in [0.05, 0.1) is 6.10 Å². The number of nitrogens with one attached hydrogen (secondary N) is 1. The van der Waals surface area contributed by atoms with E-state index in [4.69, 9.17) is 23.7 Å². The Morgan fingerprint density at radius 1 is 1.00 bits per heavy atom. The first-order chi connectivity index (χ1) is 22.3. The SMILES string of the molecule is C=C[C@H]1CC[C@H]2[C@@H]3CC=C4C[C@@H](O[C@@H]5O[C@H](COC(C)=O)[C@H](OC(=O)CCC)[C@H](OC(C)=O)[C@H]5NC(C)=O)CC[C@]4(C)[C@H]3CC[C@]12C. The number of ether oxygens (including phenoxy) is 5. The average Bonchev–Trinajstić information content (AvgIpc) is 3.35. The number of fused-ring (bicyclic) bond motifs is 5. The Balaban J connectivity index is 1.37. The second-order valence-electron chi connectivity index (χ2n) is 15.1. The number of allylic oxidation sites excluding steroid dienone is 2. The first-order valence-electron chi connectivity index (χ1n) is 17.7. The summed E-state index contributed by atoms with van der Waals surface area (Å²) in [5.41, 5.74) is 1.90. The smallest absolute Gasteiger partial charge is 0.306 e. The van der Waals surface area contributed by atoms with E-state index >= 15 is 0 Å². The monoisotopic (exact) mass is 657 g/mol. The minimum absolute atomic E-state index is 0.109. The van der Waals surface area contributed by atoms with E-state index < -0.39 is 48.6 Å². The minimum Gasteiger partial charge on any atom is -0.463 e. The average molecular weight is 658 g/mol. The maximum Gasteiger partial charge on any atom is 0.306 e. The van der Waals surface area contributed by atoms with E-state index in [9.17, 15) is 19.2 Å². The van der Waals surface area contributed by atoms with Gasteiger partial charge in [-0.25, -0.2) is 0 Å². The summed E-state index contributed by atoms with van der Waals surface area (Å²) >= 11 is 0. The van der Waals surface area contributed by atoms with Crippen LogP contribution in [0.15, 0.2) is 24.3 Å². The van der Waals surface area contributed by atoms with E-state index in [-0.39, 0.29) is 30.5 Å². The second kappa shape index (κ2) is 14.4. The van der Waals surface area contributed by atoms with Crippen molar-refractivity contribution in [3.05, 3.63) is 24.3 Å². The van der Waals surface area contributed by atoms with Crippen LogP contribution in [-0.2, 0) is 42.9 Å². The van der Waals surface area contributed by atoms with Crippen LogP contribution in [0.25, 0.3) is 0 Å². The van der Waals surface area contributed by atoms with Crippen LogP contribution in [0.2, 0.25) is 0 Å². The lowest BCUT2D eigenvalue weighted by Crippen LogP contribution is -2.67. The molecule has 0 spiro atoms. The topological polar surface area (TPSA) is 126 Å². The molecule has 10 heteroatoms. The number of rotatable bonds is 10. The summed E-state index contributed by atoms with van der Waals surface area (Å²) in [5.74, 6) is 0.627. The van der Waals surface area contributed by atoms with Crippen molar-refractivity contribution in [1.82, 2.24) is 5.32 Å². The number of esters is 3. The molecule has 3 saturated carbocycles. The van der Waals surface area contributed by atoms with E-state index in [1.807, 2.05) is 6.92 Å². The van der Waals surface area contributed by atoms with Crippen LogP contribution in [0.5, 0.6) is 0 Å². The molecule has 1 N–H and O–H groups in total. The highest BCUT2D eigenvalue weighted by molar-refractivity contribution is 5.74. The molecule has 5 rings (SSSR count). The van der Waals surface area contributed by atoms with Gasteiger partial charge in [-0.3, -0.25) is 19.2 Å². The molecule has 12 atom stereocenters. The third-order valence-electron chi connectivity index (χ3n) is 12.2. The molecule has 4 aliphatic carbocycles. The second-order valence-corrected chi connectivity index (χ2v) is 15.1. The van der Waals surface area contributed by atoms with E-state index in [1.54, 1.807) is 0 Å². The molecule has 1 aliphatic heterocycles. The lowest BCUT2D eigenvalue weighted by molar-refractivity contribution is -0.290. The van der Waals surface area contributed by atoms with Gasteiger partial charge in [-0.05, 0) is 92.3 Å². The van der Waals surface area contributed by atoms with Crippen molar-refractivity contribution in [3.8, 4) is 0 Å². The first kappa shape index (κ1) is 35.6. The van der Waals surface area contributed by atoms with Gasteiger partial charge in [0.25, 0.3) is 0 Å². The third-order valence-corrected chi connectivity index (χ3v) is 12.2. The molecule has 10 nitrogen and oxygen atoms in total. The third kappa shape index (κ3) is 7.19. The van der Waals surface area contributed by atoms with Crippen molar-refractivity contribution in [1.29, 1.82) is 0 Å². The predicted octanol–water partition coefficient (Wildman–Crippen LogP) is 5.57. The zero-order valence-corrected chi connectivity index (χ0v) is 29.1. The van der Waals surface area contributed by atoms with Gasteiger partial charge in [0.2, 0.25) is 5.91 Å². The molecule has 5 aliphatic rings. The molecule has 0 radical (unpaired) electrons. The number of amides is 1. The van der Waals surface area contributed by atoms with Crippen LogP contribution in [-0.4, -0.2) is 67.2 Å². The summed E-state index contributed by atoms with van der Waals surface area (Å²) in [6.07, 6.45) is 9.53. The highest BCUT2D eigenvalue weighted by Gasteiger charge is 2.59. The fourth-order valence-corrected chi connectivity index (χ4v) is 9.99. The molecular weight excluding hydrogens is 602 g/mol. The molecule has 47 heavy (non-hydrogen) atoms. The van der Waals surface area contributed by atoms with Crippen LogP contribution in [0, 0.1) is 34.5 Å². The zero-order chi connectivity index (χ0) is 34.1. The number of hydrogen-bond acceptors (Lipinski definition) is 9. The minimum atomic E-state index is -1.13. The van der Waals surface area contributed by atoms with Gasteiger partial charge >= 0.3 is 17.9 Å². The Labute approximate surface area is 279 Å². The molecule has 0 bridgehead atoms. The molecule has 1 saturated heterocycles. The van der Waals surface area contributed by atoms with E-state index in [1.165, 1.54) is 52.0 Å². The Kier molecular flexibility index (Phi) is 10.9. The van der Waals surface area contributed by atoms with Crippen molar-refractivity contribution >= 4 is 23.8 Å². The van der Waals surface area contributed by atoms with E-state index in [2.05, 4.69) is 37.9 Å². The van der Waals surface area contributed by atoms with Crippen LogP contribution in [0.4, 0.5) is 0 Å². The highest BCUT2D eigenvalue weighted by atomic mass is 16.7. The zero-order valence-electron chi connectivity index (χ0n) is 29.1. The maximum atomic E-state index is 12.7. The van der Waals surface area contributed by atoms with E-state index in [0.29, 0.717) is 29.6 Å². The van der Waals surface area contributed by atoms with Gasteiger partial charge in [0.15, 0.2) is 18.5 Å². The maximum absolute atomic E-state index is 12.7. The molecule has 0 aromatic carbocycles. The fraction of sp³-hybridized carbons (Fsp3) is 0.784. The first-order valence-corrected chi connectivity index (χ1v) is 17.7. The Bertz CT molecular complexity index is 1250. The predicted molar refractivity (Wildman–Crippen MR) is 174 cm³/mol. The van der Waals surface area contributed by atoms with Crippen LogP contribution >= 0.6 is 0 Å². The summed E-state index contributed by atoms with van der Waals surface area (Å²) in [7, 11) is 0. The summed E-state index contributed by atoms with van der Waals surface area (Å²) in [4.78, 5) is 49.3. The Morgan fingerprint density at radius 2 is 1.77 bits per heavy atom. The van der Waals surface area contributed by atoms with Crippen LogP contribution < -0.4 is 5.32 Å². The molecule has 1 amide bonds. The van der Waals surface area contributed by atoms with Gasteiger partial charge in [-0.2, -0.15) is 0 Å². The number of carbonyl (C=O) groups is 4. The van der Waals surface area contributed by atoms with Crippen LogP contribution in [0.1, 0.15) is 106 Å². The van der Waals surface area contributed by atoms with Crippen molar-refractivity contribution in [2.24, 2.45) is 34.5 Å².